The molecule has 92 valence electrons. The maximum Gasteiger partial charge on any atom is 0.0435 e. The van der Waals surface area contributed by atoms with Gasteiger partial charge in [0.2, 0.25) is 0 Å². The third kappa shape index (κ3) is 1.41. The lowest BCUT2D eigenvalue weighted by Crippen LogP contribution is -2.46. The summed E-state index contributed by atoms with van der Waals surface area (Å²) in [5.41, 5.74) is 1.58. The number of fused-ring (bicyclic) bond motifs is 3. The molecule has 4 atom stereocenters. The van der Waals surface area contributed by atoms with Crippen molar-refractivity contribution < 1.29 is 0 Å². The van der Waals surface area contributed by atoms with Crippen LogP contribution in [-0.4, -0.2) is 23.0 Å². The molecule has 0 N–H and O–H groups in total. The number of allylic oxidation sites excluding steroid dienone is 3. The maximum atomic E-state index is 3.91. The van der Waals surface area contributed by atoms with Crippen molar-refractivity contribution in [3.8, 4) is 0 Å². The number of rotatable bonds is 2. The fraction of sp³-hybridized carbons (Fsp3) is 0.625. The van der Waals surface area contributed by atoms with Crippen molar-refractivity contribution in [3.05, 3.63) is 36.5 Å². The average Bonchev–Trinajstić information content (AvgIpc) is 2.86. The molecular formula is C16H23N. The van der Waals surface area contributed by atoms with E-state index >= 15 is 0 Å². The summed E-state index contributed by atoms with van der Waals surface area (Å²) in [5, 5.41) is 0. The first-order valence-electron chi connectivity index (χ1n) is 7.01. The van der Waals surface area contributed by atoms with Crippen LogP contribution < -0.4 is 0 Å². The third-order valence-electron chi connectivity index (χ3n) is 5.25. The highest BCUT2D eigenvalue weighted by molar-refractivity contribution is 5.40. The number of likely N-dealkylation sites (tertiary alicyclic amines) is 1. The highest BCUT2D eigenvalue weighted by atomic mass is 15.3. The summed E-state index contributed by atoms with van der Waals surface area (Å²) in [6.07, 6.45) is 13.4. The van der Waals surface area contributed by atoms with Crippen molar-refractivity contribution >= 4 is 0 Å². The van der Waals surface area contributed by atoms with Gasteiger partial charge in [-0.15, -0.1) is 0 Å². The van der Waals surface area contributed by atoms with Gasteiger partial charge in [-0.05, 0) is 37.8 Å². The molecule has 1 heteroatoms. The molecule has 3 rings (SSSR count). The molecule has 17 heavy (non-hydrogen) atoms. The molecule has 0 bridgehead atoms. The zero-order chi connectivity index (χ0) is 12.0. The minimum absolute atomic E-state index is 0.261. The summed E-state index contributed by atoms with van der Waals surface area (Å²) >= 11 is 0. The van der Waals surface area contributed by atoms with Gasteiger partial charge in [0.1, 0.15) is 0 Å². The lowest BCUT2D eigenvalue weighted by Gasteiger charge is -2.39. The lowest BCUT2D eigenvalue weighted by molar-refractivity contribution is 0.144. The topological polar surface area (TPSA) is 3.24 Å². The van der Waals surface area contributed by atoms with E-state index in [4.69, 9.17) is 0 Å². The minimum atomic E-state index is 0.261. The Balaban J connectivity index is 2.02. The molecule has 0 aromatic heterocycles. The average molecular weight is 229 g/mol. The Labute approximate surface area is 105 Å². The number of likely N-dealkylation sites (N-methyl/N-ethyl adjacent to an activating group) is 1. The van der Waals surface area contributed by atoms with Gasteiger partial charge in [0, 0.05) is 17.5 Å². The number of hydrogen-bond acceptors (Lipinski definition) is 1. The van der Waals surface area contributed by atoms with Gasteiger partial charge in [-0.3, -0.25) is 4.90 Å². The second-order valence-electron chi connectivity index (χ2n) is 5.90. The predicted molar refractivity (Wildman–Crippen MR) is 72.8 cm³/mol. The van der Waals surface area contributed by atoms with Gasteiger partial charge in [0.05, 0.1) is 0 Å². The Morgan fingerprint density at radius 2 is 2.35 bits per heavy atom. The molecule has 1 aliphatic heterocycles. The molecule has 1 heterocycles. The second-order valence-corrected chi connectivity index (χ2v) is 5.90. The second kappa shape index (κ2) is 3.84. The Kier molecular flexibility index (Phi) is 2.55. The molecular weight excluding hydrogens is 206 g/mol. The van der Waals surface area contributed by atoms with E-state index in [1.807, 2.05) is 6.08 Å². The summed E-state index contributed by atoms with van der Waals surface area (Å²) in [6, 6.07) is 0.820. The summed E-state index contributed by atoms with van der Waals surface area (Å²) < 4.78 is 0. The largest absolute Gasteiger partial charge is 0.291 e. The molecule has 3 aliphatic rings. The monoisotopic (exact) mass is 229 g/mol. The Morgan fingerprint density at radius 1 is 1.53 bits per heavy atom. The van der Waals surface area contributed by atoms with Gasteiger partial charge in [-0.25, -0.2) is 0 Å². The first-order chi connectivity index (χ1) is 8.20. The zero-order valence-corrected chi connectivity index (χ0v) is 11.0. The van der Waals surface area contributed by atoms with Crippen LogP contribution in [0.1, 0.15) is 33.1 Å². The van der Waals surface area contributed by atoms with Gasteiger partial charge in [0.25, 0.3) is 0 Å². The van der Waals surface area contributed by atoms with Crippen LogP contribution in [0, 0.1) is 11.8 Å². The lowest BCUT2D eigenvalue weighted by atomic mass is 9.75. The van der Waals surface area contributed by atoms with Gasteiger partial charge in [-0.2, -0.15) is 0 Å². The van der Waals surface area contributed by atoms with Crippen LogP contribution in [0.5, 0.6) is 0 Å². The molecule has 0 amide bonds. The standard InChI is InChI=1S/C16H23N/c1-4-12-9-10-16(3)14(11-12)13-7-6-8-15(13)17(16)5-2/h4,9-11,13-15H,1,5-8H2,2-3H3. The van der Waals surface area contributed by atoms with Crippen LogP contribution in [0.25, 0.3) is 0 Å². The maximum absolute atomic E-state index is 3.91. The molecule has 2 aliphatic carbocycles. The van der Waals surface area contributed by atoms with E-state index in [0.717, 1.165) is 12.0 Å². The molecule has 1 saturated heterocycles. The van der Waals surface area contributed by atoms with Crippen molar-refractivity contribution in [2.24, 2.45) is 11.8 Å². The van der Waals surface area contributed by atoms with Gasteiger partial charge in [0.15, 0.2) is 0 Å². The quantitative estimate of drug-likeness (QED) is 0.700. The first-order valence-corrected chi connectivity index (χ1v) is 7.01. The molecule has 4 unspecified atom stereocenters. The van der Waals surface area contributed by atoms with E-state index in [-0.39, 0.29) is 5.54 Å². The van der Waals surface area contributed by atoms with Crippen molar-refractivity contribution in [2.75, 3.05) is 6.54 Å². The van der Waals surface area contributed by atoms with Gasteiger partial charge >= 0.3 is 0 Å². The molecule has 2 fully saturated rings. The SMILES string of the molecule is C=CC1=CC2C3CCCC3N(CC)C2(C)C=C1. The van der Waals surface area contributed by atoms with Crippen LogP contribution in [0.15, 0.2) is 36.5 Å². The van der Waals surface area contributed by atoms with Crippen molar-refractivity contribution in [1.82, 2.24) is 4.90 Å². The van der Waals surface area contributed by atoms with E-state index in [1.165, 1.54) is 31.4 Å². The molecule has 0 aromatic carbocycles. The summed E-state index contributed by atoms with van der Waals surface area (Å²) in [5.74, 6) is 1.58. The third-order valence-corrected chi connectivity index (χ3v) is 5.25. The Bertz CT molecular complexity index is 392. The normalized spacial score (nSPS) is 44.4. The van der Waals surface area contributed by atoms with E-state index in [0.29, 0.717) is 5.92 Å². The highest BCUT2D eigenvalue weighted by Gasteiger charge is 2.55. The molecule has 1 saturated carbocycles. The zero-order valence-electron chi connectivity index (χ0n) is 11.0. The first kappa shape index (κ1) is 11.3. The van der Waals surface area contributed by atoms with Crippen LogP contribution in [0.2, 0.25) is 0 Å². The van der Waals surface area contributed by atoms with E-state index in [2.05, 4.69) is 43.6 Å². The van der Waals surface area contributed by atoms with E-state index in [1.54, 1.807) is 0 Å². The molecule has 0 aromatic rings. The van der Waals surface area contributed by atoms with Crippen molar-refractivity contribution in [1.29, 1.82) is 0 Å². The summed E-state index contributed by atoms with van der Waals surface area (Å²) in [6.45, 7) is 9.82. The van der Waals surface area contributed by atoms with E-state index < -0.39 is 0 Å². The Morgan fingerprint density at radius 3 is 3.06 bits per heavy atom. The summed E-state index contributed by atoms with van der Waals surface area (Å²) in [4.78, 5) is 2.74. The minimum Gasteiger partial charge on any atom is -0.291 e. The van der Waals surface area contributed by atoms with Gasteiger partial charge in [-0.1, -0.05) is 44.2 Å². The summed E-state index contributed by atoms with van der Waals surface area (Å²) in [7, 11) is 0. The highest BCUT2D eigenvalue weighted by Crippen LogP contribution is 2.53. The fourth-order valence-electron chi connectivity index (χ4n) is 4.50. The van der Waals surface area contributed by atoms with Crippen molar-refractivity contribution in [3.63, 3.8) is 0 Å². The predicted octanol–water partition coefficient (Wildman–Crippen LogP) is 3.55. The smallest absolute Gasteiger partial charge is 0.0435 e. The fourth-order valence-corrected chi connectivity index (χ4v) is 4.50. The van der Waals surface area contributed by atoms with Gasteiger partial charge < -0.3 is 0 Å². The van der Waals surface area contributed by atoms with Crippen LogP contribution in [-0.2, 0) is 0 Å². The van der Waals surface area contributed by atoms with Crippen molar-refractivity contribution in [2.45, 2.75) is 44.7 Å². The van der Waals surface area contributed by atoms with Crippen LogP contribution in [0.4, 0.5) is 0 Å². The molecule has 1 nitrogen and oxygen atoms in total. The van der Waals surface area contributed by atoms with Crippen LogP contribution >= 0.6 is 0 Å². The molecule has 0 spiro atoms. The number of hydrogen-bond donors (Lipinski definition) is 0. The molecule has 0 radical (unpaired) electrons. The number of nitrogens with zero attached hydrogens (tertiary/aromatic N) is 1. The van der Waals surface area contributed by atoms with Crippen LogP contribution in [0.3, 0.4) is 0 Å². The Hall–Kier alpha value is -0.820. The van der Waals surface area contributed by atoms with E-state index in [9.17, 15) is 0 Å².